The fraction of sp³-hybridized carbons (Fsp3) is 0.400. The van der Waals surface area contributed by atoms with Crippen molar-refractivity contribution in [1.29, 1.82) is 0 Å². The second-order valence-electron chi connectivity index (χ2n) is 7.53. The maximum Gasteiger partial charge on any atom is 0.453 e. The zero-order chi connectivity index (χ0) is 26.2. The van der Waals surface area contributed by atoms with Crippen molar-refractivity contribution in [2.45, 2.75) is 54.3 Å². The highest BCUT2D eigenvalue weighted by Crippen LogP contribution is 2.41. The fourth-order valence-electron chi connectivity index (χ4n) is 3.04. The van der Waals surface area contributed by atoms with Crippen molar-refractivity contribution in [2.24, 2.45) is 0 Å². The third-order valence-corrected chi connectivity index (χ3v) is 8.91. The Morgan fingerprint density at radius 1 is 1.09 bits per heavy atom. The van der Waals surface area contributed by atoms with Crippen LogP contribution in [0.5, 0.6) is 0 Å². The number of sulfonamides is 1. The summed E-state index contributed by atoms with van der Waals surface area (Å²) in [5.41, 5.74) is -0.111. The number of halogens is 6. The highest BCUT2D eigenvalue weighted by molar-refractivity contribution is 8.01. The van der Waals surface area contributed by atoms with E-state index >= 15 is 0 Å². The first kappa shape index (κ1) is 27.3. The summed E-state index contributed by atoms with van der Waals surface area (Å²) >= 11 is 2.29. The SMILES string of the molecule is Cc1sc(SCCCCC(F)(F)C(F)(F)F)c2c(NS(=O)(=O)c3ccc(F)cc3)nc(=O)n-2c1C. The molecule has 1 N–H and O–H groups in total. The van der Waals surface area contributed by atoms with Gasteiger partial charge in [-0.25, -0.2) is 17.6 Å². The molecule has 0 aromatic heterocycles. The number of rotatable bonds is 9. The molecule has 2 aliphatic heterocycles. The van der Waals surface area contributed by atoms with E-state index in [0.29, 0.717) is 14.8 Å². The molecule has 0 saturated carbocycles. The van der Waals surface area contributed by atoms with Crippen LogP contribution >= 0.6 is 23.1 Å². The number of hydrogen-bond donors (Lipinski definition) is 1. The normalized spacial score (nSPS) is 12.9. The van der Waals surface area contributed by atoms with Gasteiger partial charge in [0.2, 0.25) is 0 Å². The Balaban J connectivity index is 1.85. The lowest BCUT2D eigenvalue weighted by Crippen LogP contribution is -2.36. The molecule has 35 heavy (non-hydrogen) atoms. The Labute approximate surface area is 204 Å². The number of aromatic nitrogens is 2. The van der Waals surface area contributed by atoms with Gasteiger partial charge in [0.1, 0.15) is 11.5 Å². The van der Waals surface area contributed by atoms with Crippen LogP contribution in [0.25, 0.3) is 5.69 Å². The molecule has 0 atom stereocenters. The molecule has 6 nitrogen and oxygen atoms in total. The van der Waals surface area contributed by atoms with Gasteiger partial charge in [-0.1, -0.05) is 0 Å². The van der Waals surface area contributed by atoms with Crippen LogP contribution in [0.3, 0.4) is 0 Å². The minimum absolute atomic E-state index is 0.0250. The van der Waals surface area contributed by atoms with E-state index in [4.69, 9.17) is 0 Å². The smallest absolute Gasteiger partial charge is 0.261 e. The molecule has 192 valence electrons. The summed E-state index contributed by atoms with van der Waals surface area (Å²) in [4.78, 5) is 16.8. The molecule has 15 heteroatoms. The van der Waals surface area contributed by atoms with Crippen LogP contribution in [-0.4, -0.2) is 35.8 Å². The van der Waals surface area contributed by atoms with Crippen LogP contribution in [0, 0.1) is 19.7 Å². The number of nitrogens with zero attached hydrogens (tertiary/aromatic N) is 2. The molecular weight excluding hydrogens is 540 g/mol. The molecule has 0 radical (unpaired) electrons. The zero-order valence-electron chi connectivity index (χ0n) is 18.2. The minimum atomic E-state index is -5.61. The summed E-state index contributed by atoms with van der Waals surface area (Å²) in [6.45, 7) is 3.35. The van der Waals surface area contributed by atoms with Crippen LogP contribution < -0.4 is 10.4 Å². The van der Waals surface area contributed by atoms with Crippen molar-refractivity contribution in [2.75, 3.05) is 10.5 Å². The average molecular weight is 560 g/mol. The predicted molar refractivity (Wildman–Crippen MR) is 121 cm³/mol. The topological polar surface area (TPSA) is 81.1 Å². The Bertz CT molecular complexity index is 1330. The summed E-state index contributed by atoms with van der Waals surface area (Å²) < 4.78 is 106. The molecule has 1 aromatic carbocycles. The summed E-state index contributed by atoms with van der Waals surface area (Å²) in [7, 11) is -4.23. The maximum atomic E-state index is 13.2. The Morgan fingerprint density at radius 2 is 1.71 bits per heavy atom. The van der Waals surface area contributed by atoms with E-state index in [1.807, 2.05) is 0 Å². The number of imidazole rings is 1. The molecule has 3 rings (SSSR count). The highest BCUT2D eigenvalue weighted by Gasteiger charge is 2.56. The number of unbranched alkanes of at least 4 members (excludes halogenated alkanes) is 1. The molecule has 0 aliphatic carbocycles. The molecule has 0 amide bonds. The Kier molecular flexibility index (Phi) is 7.82. The molecule has 0 unspecified atom stereocenters. The number of thioether (sulfide) groups is 1. The number of alkyl halides is 5. The number of nitrogens with one attached hydrogen (secondary N) is 1. The summed E-state index contributed by atoms with van der Waals surface area (Å²) in [6, 6.07) is 3.99. The first-order chi connectivity index (χ1) is 16.1. The van der Waals surface area contributed by atoms with Gasteiger partial charge >= 0.3 is 17.8 Å². The van der Waals surface area contributed by atoms with Crippen molar-refractivity contribution in [3.8, 4) is 5.69 Å². The maximum absolute atomic E-state index is 13.2. The van der Waals surface area contributed by atoms with Gasteiger partial charge < -0.3 is 0 Å². The largest absolute Gasteiger partial charge is 0.453 e. The van der Waals surface area contributed by atoms with Crippen molar-refractivity contribution >= 4 is 38.9 Å². The quantitative estimate of drug-likeness (QED) is 0.205. The van der Waals surface area contributed by atoms with Gasteiger partial charge in [0.25, 0.3) is 10.0 Å². The molecule has 0 bridgehead atoms. The average Bonchev–Trinajstić information content (AvgIpc) is 3.06. The molecule has 0 spiro atoms. The van der Waals surface area contributed by atoms with Crippen LogP contribution in [0.15, 0.2) is 38.2 Å². The molecular formula is C20H19F6N3O3S3. The van der Waals surface area contributed by atoms with Gasteiger partial charge in [0.05, 0.1) is 9.10 Å². The monoisotopic (exact) mass is 559 g/mol. The zero-order valence-corrected chi connectivity index (χ0v) is 20.7. The van der Waals surface area contributed by atoms with Crippen LogP contribution in [0.4, 0.5) is 32.2 Å². The Hall–Kier alpha value is -2.26. The molecule has 0 fully saturated rings. The summed E-state index contributed by atoms with van der Waals surface area (Å²) in [6.07, 6.45) is -7.32. The van der Waals surface area contributed by atoms with E-state index < -0.39 is 40.0 Å². The van der Waals surface area contributed by atoms with Gasteiger partial charge in [-0.3, -0.25) is 9.29 Å². The standard InChI is InChI=1S/C20H19F6N3O3S3/c1-11-12(2)34-17(33-10-4-3-9-19(22,23)20(24,25)26)15-16(27-18(30)29(11)15)28-35(31,32)14-7-5-13(21)6-8-14/h5-8H,3-4,9-10H2,1-2H3,(H,27,28,30). The van der Waals surface area contributed by atoms with E-state index in [9.17, 15) is 39.6 Å². The number of fused-ring (bicyclic) bond motifs is 1. The van der Waals surface area contributed by atoms with Gasteiger partial charge in [-0.05, 0) is 56.7 Å². The van der Waals surface area contributed by atoms with Crippen LogP contribution in [0.1, 0.15) is 29.8 Å². The van der Waals surface area contributed by atoms with Crippen LogP contribution in [0.2, 0.25) is 0 Å². The van der Waals surface area contributed by atoms with Crippen molar-refractivity contribution in [3.63, 3.8) is 0 Å². The number of benzene rings is 1. The highest BCUT2D eigenvalue weighted by atomic mass is 32.2. The van der Waals surface area contributed by atoms with Crippen molar-refractivity contribution < 1.29 is 34.8 Å². The third kappa shape index (κ3) is 5.94. The van der Waals surface area contributed by atoms with E-state index in [1.165, 1.54) is 15.9 Å². The molecule has 0 saturated heterocycles. The lowest BCUT2D eigenvalue weighted by Gasteiger charge is -2.19. The van der Waals surface area contributed by atoms with Crippen LogP contribution in [-0.2, 0) is 10.0 Å². The minimum Gasteiger partial charge on any atom is -0.261 e. The number of aryl methyl sites for hydroxylation is 1. The van der Waals surface area contributed by atoms with E-state index in [0.717, 1.165) is 36.0 Å². The third-order valence-electron chi connectivity index (χ3n) is 5.02. The fourth-order valence-corrected chi connectivity index (χ4v) is 6.57. The molecule has 2 aliphatic rings. The van der Waals surface area contributed by atoms with E-state index in [1.54, 1.807) is 13.8 Å². The van der Waals surface area contributed by atoms with E-state index in [2.05, 4.69) is 9.71 Å². The lowest BCUT2D eigenvalue weighted by molar-refractivity contribution is -0.284. The van der Waals surface area contributed by atoms with Crippen molar-refractivity contribution in [1.82, 2.24) is 9.55 Å². The number of hydrogen-bond acceptors (Lipinski definition) is 6. The lowest BCUT2D eigenvalue weighted by atomic mass is 10.1. The second-order valence-corrected chi connectivity index (χ2v) is 11.8. The molecule has 1 aromatic rings. The van der Waals surface area contributed by atoms with Gasteiger partial charge in [-0.2, -0.15) is 26.9 Å². The van der Waals surface area contributed by atoms with Gasteiger partial charge in [-0.15, -0.1) is 23.1 Å². The second kappa shape index (κ2) is 10.0. The first-order valence-corrected chi connectivity index (χ1v) is 13.3. The Morgan fingerprint density at radius 3 is 2.31 bits per heavy atom. The van der Waals surface area contributed by atoms with Crippen molar-refractivity contribution in [3.05, 3.63) is 51.1 Å². The van der Waals surface area contributed by atoms with E-state index in [-0.39, 0.29) is 35.0 Å². The first-order valence-electron chi connectivity index (χ1n) is 10.0. The summed E-state index contributed by atoms with van der Waals surface area (Å²) in [5.74, 6) is -5.54. The van der Waals surface area contributed by atoms with Gasteiger partial charge in [0.15, 0.2) is 5.82 Å². The number of anilines is 1. The summed E-state index contributed by atoms with van der Waals surface area (Å²) in [5, 5.41) is 0. The molecule has 2 heterocycles. The van der Waals surface area contributed by atoms with Gasteiger partial charge in [0, 0.05) is 17.0 Å². The predicted octanol–water partition coefficient (Wildman–Crippen LogP) is 5.75.